The molecule has 0 atom stereocenters. The maximum Gasteiger partial charge on any atom is 0.338 e. The molecular weight excluding hydrogens is 366 g/mol. The monoisotopic (exact) mass is 385 g/mol. The molecule has 0 spiro atoms. The van der Waals surface area contributed by atoms with Gasteiger partial charge in [0.1, 0.15) is 18.1 Å². The molecule has 0 bridgehead atoms. The van der Waals surface area contributed by atoms with Gasteiger partial charge < -0.3 is 19.3 Å². The fraction of sp³-hybridized carbons (Fsp3) is 0.263. The molecule has 0 unspecified atom stereocenters. The average molecular weight is 385 g/mol. The van der Waals surface area contributed by atoms with Crippen molar-refractivity contribution in [3.8, 4) is 5.75 Å². The molecule has 28 heavy (non-hydrogen) atoms. The van der Waals surface area contributed by atoms with Crippen LogP contribution in [0.2, 0.25) is 0 Å². The van der Waals surface area contributed by atoms with Gasteiger partial charge in [-0.2, -0.15) is 0 Å². The fourth-order valence-electron chi connectivity index (χ4n) is 2.54. The predicted octanol–water partition coefficient (Wildman–Crippen LogP) is 2.31. The van der Waals surface area contributed by atoms with Crippen molar-refractivity contribution in [2.45, 2.75) is 26.9 Å². The number of hydrogen-bond acceptors (Lipinski definition) is 7. The second kappa shape index (κ2) is 7.95. The number of fused-ring (bicyclic) bond motifs is 1. The topological polar surface area (TPSA) is 112 Å². The molecule has 0 radical (unpaired) electrons. The van der Waals surface area contributed by atoms with E-state index in [0.29, 0.717) is 28.5 Å². The molecule has 3 rings (SSSR count). The maximum atomic E-state index is 12.4. The minimum atomic E-state index is -0.625. The Bertz CT molecular complexity index is 1100. The highest BCUT2D eigenvalue weighted by Gasteiger charge is 2.14. The highest BCUT2D eigenvalue weighted by Crippen LogP contribution is 2.26. The van der Waals surface area contributed by atoms with Crippen LogP contribution in [0.5, 0.6) is 5.75 Å². The molecule has 1 amide bonds. The van der Waals surface area contributed by atoms with Crippen molar-refractivity contribution in [3.63, 3.8) is 0 Å². The van der Waals surface area contributed by atoms with E-state index in [4.69, 9.17) is 14.0 Å². The lowest BCUT2D eigenvalue weighted by Crippen LogP contribution is -2.15. The van der Waals surface area contributed by atoms with Crippen molar-refractivity contribution >= 4 is 23.2 Å². The lowest BCUT2D eigenvalue weighted by atomic mass is 10.2. The van der Waals surface area contributed by atoms with E-state index in [-0.39, 0.29) is 24.5 Å². The standard InChI is InChI=1S/C19H19N3O6/c1-4-17(23)21-14-8-12(5-6-15(14)26-3)19(25)27-10-13-9-18(24)22-16(20-13)7-11(2)28-22/h5-9H,4,10H2,1-3H3,(H,21,23). The predicted molar refractivity (Wildman–Crippen MR) is 99.5 cm³/mol. The number of rotatable bonds is 6. The average Bonchev–Trinajstić information content (AvgIpc) is 3.06. The number of nitrogens with one attached hydrogen (secondary N) is 1. The Labute approximate surface area is 159 Å². The van der Waals surface area contributed by atoms with Gasteiger partial charge in [-0.25, -0.2) is 9.78 Å². The number of anilines is 1. The molecule has 0 aliphatic rings. The molecule has 9 heteroatoms. The first kappa shape index (κ1) is 19.2. The first-order valence-electron chi connectivity index (χ1n) is 8.56. The quantitative estimate of drug-likeness (QED) is 0.648. The summed E-state index contributed by atoms with van der Waals surface area (Å²) in [7, 11) is 1.47. The summed E-state index contributed by atoms with van der Waals surface area (Å²) in [6.07, 6.45) is 0.287. The van der Waals surface area contributed by atoms with Crippen LogP contribution in [0.25, 0.3) is 5.65 Å². The van der Waals surface area contributed by atoms with Crippen molar-refractivity contribution < 1.29 is 23.6 Å². The van der Waals surface area contributed by atoms with Crippen molar-refractivity contribution in [2.75, 3.05) is 12.4 Å². The summed E-state index contributed by atoms with van der Waals surface area (Å²) < 4.78 is 16.7. The van der Waals surface area contributed by atoms with E-state index in [2.05, 4.69) is 10.3 Å². The molecule has 0 saturated carbocycles. The van der Waals surface area contributed by atoms with Gasteiger partial charge in [0.15, 0.2) is 5.65 Å². The second-order valence-electron chi connectivity index (χ2n) is 5.98. The van der Waals surface area contributed by atoms with Crippen molar-refractivity contribution in [3.05, 3.63) is 57.7 Å². The van der Waals surface area contributed by atoms with Gasteiger partial charge in [-0.3, -0.25) is 9.59 Å². The molecule has 2 aromatic heterocycles. The third-order valence-electron chi connectivity index (χ3n) is 3.91. The highest BCUT2D eigenvalue weighted by molar-refractivity contribution is 5.96. The van der Waals surface area contributed by atoms with Crippen LogP contribution in [0.3, 0.4) is 0 Å². The van der Waals surface area contributed by atoms with Crippen molar-refractivity contribution in [1.82, 2.24) is 9.56 Å². The minimum absolute atomic E-state index is 0.183. The van der Waals surface area contributed by atoms with Crippen LogP contribution in [0, 0.1) is 6.92 Å². The summed E-state index contributed by atoms with van der Waals surface area (Å²) in [6, 6.07) is 7.41. The van der Waals surface area contributed by atoms with Crippen LogP contribution in [0.15, 0.2) is 39.6 Å². The Morgan fingerprint density at radius 1 is 1.25 bits per heavy atom. The molecule has 3 aromatic rings. The lowest BCUT2D eigenvalue weighted by molar-refractivity contribution is -0.115. The van der Waals surface area contributed by atoms with Gasteiger partial charge >= 0.3 is 5.97 Å². The zero-order valence-electron chi connectivity index (χ0n) is 15.6. The molecule has 146 valence electrons. The van der Waals surface area contributed by atoms with E-state index in [1.165, 1.54) is 25.3 Å². The number of methoxy groups -OCH3 is 1. The third-order valence-corrected chi connectivity index (χ3v) is 3.91. The molecule has 9 nitrogen and oxygen atoms in total. The number of ether oxygens (including phenoxy) is 2. The zero-order valence-corrected chi connectivity index (χ0v) is 15.6. The van der Waals surface area contributed by atoms with E-state index >= 15 is 0 Å². The van der Waals surface area contributed by atoms with Crippen LogP contribution in [0.1, 0.15) is 35.2 Å². The van der Waals surface area contributed by atoms with Crippen LogP contribution in [-0.4, -0.2) is 28.5 Å². The SMILES string of the molecule is CCC(=O)Nc1cc(C(=O)OCc2cc(=O)n3oc(C)cc3n2)ccc1OC. The first-order chi connectivity index (χ1) is 13.4. The van der Waals surface area contributed by atoms with Gasteiger partial charge in [0.25, 0.3) is 5.56 Å². The Morgan fingerprint density at radius 3 is 2.75 bits per heavy atom. The highest BCUT2D eigenvalue weighted by atomic mass is 16.5. The summed E-state index contributed by atoms with van der Waals surface area (Å²) in [4.78, 5) is 40.3. The number of nitrogens with zero attached hydrogens (tertiary/aromatic N) is 2. The normalized spacial score (nSPS) is 10.7. The molecule has 1 N–H and O–H groups in total. The minimum Gasteiger partial charge on any atom is -0.495 e. The first-order valence-corrected chi connectivity index (χ1v) is 8.56. The second-order valence-corrected chi connectivity index (χ2v) is 5.98. The lowest BCUT2D eigenvalue weighted by Gasteiger charge is -2.11. The van der Waals surface area contributed by atoms with Gasteiger partial charge in [0.2, 0.25) is 5.91 Å². The Kier molecular flexibility index (Phi) is 5.44. The van der Waals surface area contributed by atoms with Crippen molar-refractivity contribution in [2.24, 2.45) is 0 Å². The Balaban J connectivity index is 1.77. The largest absolute Gasteiger partial charge is 0.495 e. The molecular formula is C19H19N3O6. The molecule has 0 aliphatic heterocycles. The smallest absolute Gasteiger partial charge is 0.338 e. The van der Waals surface area contributed by atoms with Gasteiger partial charge in [0.05, 0.1) is 24.1 Å². The summed E-state index contributed by atoms with van der Waals surface area (Å²) in [6.45, 7) is 3.23. The van der Waals surface area contributed by atoms with Crippen LogP contribution in [0.4, 0.5) is 5.69 Å². The van der Waals surface area contributed by atoms with E-state index in [9.17, 15) is 14.4 Å². The van der Waals surface area contributed by atoms with E-state index in [1.807, 2.05) is 0 Å². The van der Waals surface area contributed by atoms with Gasteiger partial charge in [0, 0.05) is 18.6 Å². The summed E-state index contributed by atoms with van der Waals surface area (Å²) in [5.74, 6) is 0.129. The molecule has 0 fully saturated rings. The number of amides is 1. The van der Waals surface area contributed by atoms with Gasteiger partial charge in [-0.05, 0) is 25.1 Å². The number of aryl methyl sites for hydroxylation is 1. The number of esters is 1. The number of carbonyl (C=O) groups is 2. The maximum absolute atomic E-state index is 12.4. The van der Waals surface area contributed by atoms with Crippen LogP contribution < -0.4 is 15.6 Å². The van der Waals surface area contributed by atoms with Gasteiger partial charge in [-0.1, -0.05) is 6.92 Å². The summed E-state index contributed by atoms with van der Waals surface area (Å²) in [5.41, 5.74) is 0.829. The molecule has 0 saturated heterocycles. The zero-order chi connectivity index (χ0) is 20.3. The number of hydrogen-bond donors (Lipinski definition) is 1. The molecule has 0 aliphatic carbocycles. The Morgan fingerprint density at radius 2 is 2.04 bits per heavy atom. The van der Waals surface area contributed by atoms with Crippen molar-refractivity contribution in [1.29, 1.82) is 0 Å². The van der Waals surface area contributed by atoms with E-state index < -0.39 is 11.5 Å². The fourth-order valence-corrected chi connectivity index (χ4v) is 2.54. The van der Waals surface area contributed by atoms with Crippen LogP contribution in [-0.2, 0) is 16.1 Å². The van der Waals surface area contributed by atoms with Gasteiger partial charge in [-0.15, -0.1) is 4.57 Å². The number of carbonyl (C=O) groups excluding carboxylic acids is 2. The summed E-state index contributed by atoms with van der Waals surface area (Å²) in [5, 5.41) is 2.67. The Hall–Kier alpha value is -3.62. The van der Waals surface area contributed by atoms with E-state index in [0.717, 1.165) is 4.57 Å². The van der Waals surface area contributed by atoms with E-state index in [1.54, 1.807) is 26.0 Å². The number of benzene rings is 1. The molecule has 1 aromatic carbocycles. The molecule has 2 heterocycles. The van der Waals surface area contributed by atoms with Crippen LogP contribution >= 0.6 is 0 Å². The third kappa shape index (κ3) is 4.03. The summed E-state index contributed by atoms with van der Waals surface area (Å²) >= 11 is 0. The number of aromatic nitrogens is 2.